The Bertz CT molecular complexity index is 413. The Hall–Kier alpha value is -1.46. The first-order valence-corrected chi connectivity index (χ1v) is 7.24. The van der Waals surface area contributed by atoms with E-state index in [1.807, 2.05) is 0 Å². The molecular weight excluding hydrogens is 225 g/mol. The lowest BCUT2D eigenvalue weighted by Crippen LogP contribution is -2.14. The quantitative estimate of drug-likeness (QED) is 0.564. The molecule has 17 heavy (non-hydrogen) atoms. The average Bonchev–Trinajstić information content (AvgIpc) is 2.42. The van der Waals surface area contributed by atoms with Gasteiger partial charge in [-0.3, -0.25) is 0 Å². The summed E-state index contributed by atoms with van der Waals surface area (Å²) in [4.78, 5) is 3.99. The zero-order valence-corrected chi connectivity index (χ0v) is 10.7. The second-order valence-electron chi connectivity index (χ2n) is 3.77. The molecule has 0 atom stereocenters. The first-order valence-electron chi connectivity index (χ1n) is 5.72. The lowest BCUT2D eigenvalue weighted by Gasteiger charge is -2.17. The Labute approximate surface area is 104 Å². The molecule has 0 amide bonds. The molecule has 0 spiro atoms. The van der Waals surface area contributed by atoms with E-state index in [0.29, 0.717) is 0 Å². The maximum atomic E-state index is 3.99. The third kappa shape index (κ3) is 3.25. The van der Waals surface area contributed by atoms with E-state index in [1.54, 1.807) is 0 Å². The van der Waals surface area contributed by atoms with Crippen molar-refractivity contribution in [3.63, 3.8) is 0 Å². The molecule has 0 unspecified atom stereocenters. The molecule has 86 valence electrons. The lowest BCUT2D eigenvalue weighted by atomic mass is 10.4. The third-order valence-electron chi connectivity index (χ3n) is 2.62. The second kappa shape index (κ2) is 6.32. The van der Waals surface area contributed by atoms with E-state index >= 15 is 0 Å². The topological polar surface area (TPSA) is 12.4 Å². The number of nitrogens with zero attached hydrogens (tertiary/aromatic N) is 1. The van der Waals surface area contributed by atoms with Crippen LogP contribution < -0.4 is 10.6 Å². The first-order chi connectivity index (χ1) is 8.42. The summed E-state index contributed by atoms with van der Waals surface area (Å²) in [5.41, 5.74) is 0. The van der Waals surface area contributed by atoms with Gasteiger partial charge in [0.1, 0.15) is 0 Å². The van der Waals surface area contributed by atoms with Gasteiger partial charge >= 0.3 is 0 Å². The van der Waals surface area contributed by atoms with Crippen LogP contribution in [0.25, 0.3) is 0 Å². The van der Waals surface area contributed by atoms with Crippen molar-refractivity contribution in [2.45, 2.75) is 0 Å². The predicted molar refractivity (Wildman–Crippen MR) is 78.4 cm³/mol. The van der Waals surface area contributed by atoms with Crippen molar-refractivity contribution in [1.29, 1.82) is 0 Å². The molecule has 0 saturated heterocycles. The monoisotopic (exact) mass is 241 g/mol. The minimum atomic E-state index is -0.291. The highest BCUT2D eigenvalue weighted by Crippen LogP contribution is 2.32. The molecule has 1 nitrogen and oxygen atoms in total. The van der Waals surface area contributed by atoms with Gasteiger partial charge in [0, 0.05) is 6.54 Å². The molecule has 0 radical (unpaired) electrons. The fourth-order valence-corrected chi connectivity index (χ4v) is 4.01. The van der Waals surface area contributed by atoms with Crippen LogP contribution in [0.5, 0.6) is 0 Å². The van der Waals surface area contributed by atoms with Gasteiger partial charge in [-0.05, 0) is 31.4 Å². The molecular formula is C15H16NP. The van der Waals surface area contributed by atoms with Gasteiger partial charge < -0.3 is 4.99 Å². The molecule has 2 rings (SSSR count). The molecule has 0 bridgehead atoms. The summed E-state index contributed by atoms with van der Waals surface area (Å²) < 4.78 is 0. The van der Waals surface area contributed by atoms with Crippen LogP contribution in [-0.2, 0) is 0 Å². The standard InChI is InChI=1S/C15H16NP/c1-16-12-13-17(14-8-4-2-5-9-14)15-10-6-3-7-11-15/h2-11H,1,12-13H2. The van der Waals surface area contributed by atoms with Crippen molar-refractivity contribution in [1.82, 2.24) is 0 Å². The van der Waals surface area contributed by atoms with Crippen LogP contribution in [0.1, 0.15) is 0 Å². The number of hydrogen-bond donors (Lipinski definition) is 0. The Balaban J connectivity index is 2.29. The Kier molecular flexibility index (Phi) is 4.46. The van der Waals surface area contributed by atoms with Crippen LogP contribution in [0.4, 0.5) is 0 Å². The Morgan fingerprint density at radius 1 is 0.824 bits per heavy atom. The van der Waals surface area contributed by atoms with E-state index in [1.165, 1.54) is 10.6 Å². The number of benzene rings is 2. The van der Waals surface area contributed by atoms with Crippen molar-refractivity contribution in [3.05, 3.63) is 60.7 Å². The molecule has 2 heteroatoms. The van der Waals surface area contributed by atoms with E-state index in [4.69, 9.17) is 0 Å². The summed E-state index contributed by atoms with van der Waals surface area (Å²) in [6, 6.07) is 21.4. The van der Waals surface area contributed by atoms with Crippen molar-refractivity contribution < 1.29 is 0 Å². The van der Waals surface area contributed by atoms with E-state index < -0.39 is 0 Å². The third-order valence-corrected chi connectivity index (χ3v) is 5.11. The Morgan fingerprint density at radius 2 is 1.29 bits per heavy atom. The van der Waals surface area contributed by atoms with E-state index in [0.717, 1.165) is 12.7 Å². The van der Waals surface area contributed by atoms with Crippen LogP contribution in [0.2, 0.25) is 0 Å². The minimum Gasteiger partial charge on any atom is -0.301 e. The van der Waals surface area contributed by atoms with Crippen LogP contribution in [-0.4, -0.2) is 19.4 Å². The maximum absolute atomic E-state index is 3.99. The molecule has 0 aliphatic heterocycles. The van der Waals surface area contributed by atoms with Gasteiger partial charge in [0.2, 0.25) is 0 Å². The maximum Gasteiger partial charge on any atom is 0.0427 e. The highest BCUT2D eigenvalue weighted by Gasteiger charge is 2.11. The highest BCUT2D eigenvalue weighted by molar-refractivity contribution is 7.73. The lowest BCUT2D eigenvalue weighted by molar-refractivity contribution is 1.16. The van der Waals surface area contributed by atoms with E-state index in [9.17, 15) is 0 Å². The molecule has 0 heterocycles. The van der Waals surface area contributed by atoms with E-state index in [2.05, 4.69) is 72.4 Å². The number of aliphatic imine (C=N–C) groups is 1. The molecule has 2 aromatic rings. The largest absolute Gasteiger partial charge is 0.301 e. The van der Waals surface area contributed by atoms with Gasteiger partial charge in [-0.25, -0.2) is 0 Å². The molecule has 0 aliphatic rings. The van der Waals surface area contributed by atoms with Gasteiger partial charge in [0.15, 0.2) is 0 Å². The number of hydrogen-bond acceptors (Lipinski definition) is 1. The first kappa shape index (κ1) is 12.0. The molecule has 0 saturated carbocycles. The molecule has 0 aliphatic carbocycles. The van der Waals surface area contributed by atoms with Crippen molar-refractivity contribution in [2.75, 3.05) is 12.7 Å². The van der Waals surface area contributed by atoms with Gasteiger partial charge in [-0.1, -0.05) is 60.7 Å². The van der Waals surface area contributed by atoms with Gasteiger partial charge in [0.25, 0.3) is 0 Å². The summed E-state index contributed by atoms with van der Waals surface area (Å²) in [5, 5.41) is 2.83. The zero-order chi connectivity index (χ0) is 11.9. The predicted octanol–water partition coefficient (Wildman–Crippen LogP) is 2.82. The van der Waals surface area contributed by atoms with Gasteiger partial charge in [0.05, 0.1) is 0 Å². The molecule has 0 aromatic heterocycles. The minimum absolute atomic E-state index is 0.291. The number of rotatable bonds is 5. The molecule has 2 aromatic carbocycles. The van der Waals surface area contributed by atoms with Gasteiger partial charge in [-0.15, -0.1) is 0 Å². The summed E-state index contributed by atoms with van der Waals surface area (Å²) in [6.45, 7) is 4.41. The fourth-order valence-electron chi connectivity index (χ4n) is 1.79. The van der Waals surface area contributed by atoms with Crippen LogP contribution in [0, 0.1) is 0 Å². The average molecular weight is 241 g/mol. The molecule has 0 N–H and O–H groups in total. The highest BCUT2D eigenvalue weighted by atomic mass is 31.1. The van der Waals surface area contributed by atoms with Gasteiger partial charge in [-0.2, -0.15) is 0 Å². The summed E-state index contributed by atoms with van der Waals surface area (Å²) in [5.74, 6) is 0. The van der Waals surface area contributed by atoms with Crippen LogP contribution in [0.3, 0.4) is 0 Å². The van der Waals surface area contributed by atoms with Crippen molar-refractivity contribution in [3.8, 4) is 0 Å². The summed E-state index contributed by atoms with van der Waals surface area (Å²) in [7, 11) is -0.291. The SMILES string of the molecule is C=NCCP(c1ccccc1)c1ccccc1. The fraction of sp³-hybridized carbons (Fsp3) is 0.133. The zero-order valence-electron chi connectivity index (χ0n) is 9.79. The van der Waals surface area contributed by atoms with E-state index in [-0.39, 0.29) is 7.92 Å². The molecule has 0 fully saturated rings. The van der Waals surface area contributed by atoms with Crippen molar-refractivity contribution >= 4 is 25.2 Å². The second-order valence-corrected chi connectivity index (χ2v) is 6.11. The van der Waals surface area contributed by atoms with Crippen LogP contribution in [0.15, 0.2) is 65.7 Å². The Morgan fingerprint density at radius 3 is 1.71 bits per heavy atom. The van der Waals surface area contributed by atoms with Crippen molar-refractivity contribution in [2.24, 2.45) is 4.99 Å². The normalized spacial score (nSPS) is 10.4. The summed E-state index contributed by atoms with van der Waals surface area (Å²) in [6.07, 6.45) is 1.08. The summed E-state index contributed by atoms with van der Waals surface area (Å²) >= 11 is 0. The smallest absolute Gasteiger partial charge is 0.0427 e. The van der Waals surface area contributed by atoms with Crippen LogP contribution >= 0.6 is 7.92 Å².